The van der Waals surface area contributed by atoms with Crippen LogP contribution in [0.1, 0.15) is 10.4 Å². The second kappa shape index (κ2) is 5.52. The smallest absolute Gasteiger partial charge is 0.168 e. The summed E-state index contributed by atoms with van der Waals surface area (Å²) in [5, 5.41) is 0. The van der Waals surface area contributed by atoms with E-state index in [-0.39, 0.29) is 5.56 Å². The molecule has 0 bridgehead atoms. The summed E-state index contributed by atoms with van der Waals surface area (Å²) >= 11 is 0. The van der Waals surface area contributed by atoms with Gasteiger partial charge in [-0.05, 0) is 23.8 Å². The molecule has 0 spiro atoms. The van der Waals surface area contributed by atoms with E-state index in [2.05, 4.69) is 0 Å². The van der Waals surface area contributed by atoms with Crippen molar-refractivity contribution in [2.24, 2.45) is 0 Å². The van der Waals surface area contributed by atoms with Crippen LogP contribution in [-0.4, -0.2) is 20.5 Å². The van der Waals surface area contributed by atoms with Gasteiger partial charge in [-0.3, -0.25) is 4.79 Å². The van der Waals surface area contributed by atoms with Crippen molar-refractivity contribution in [1.29, 1.82) is 0 Å². The zero-order chi connectivity index (χ0) is 13.8. The third-order valence-electron chi connectivity index (χ3n) is 2.84. The molecule has 0 fully saturated rings. The summed E-state index contributed by atoms with van der Waals surface area (Å²) in [7, 11) is 3.08. The lowest BCUT2D eigenvalue weighted by Gasteiger charge is -2.13. The molecule has 0 saturated carbocycles. The van der Waals surface area contributed by atoms with Gasteiger partial charge in [-0.25, -0.2) is 4.39 Å². The van der Waals surface area contributed by atoms with Crippen molar-refractivity contribution < 1.29 is 18.7 Å². The Labute approximate surface area is 110 Å². The second-order valence-electron chi connectivity index (χ2n) is 3.90. The maximum Gasteiger partial charge on any atom is 0.168 e. The second-order valence-corrected chi connectivity index (χ2v) is 3.90. The van der Waals surface area contributed by atoms with Crippen LogP contribution < -0.4 is 9.47 Å². The summed E-state index contributed by atoms with van der Waals surface area (Å²) in [6.45, 7) is 0. The minimum atomic E-state index is -0.541. The summed E-state index contributed by atoms with van der Waals surface area (Å²) in [4.78, 5) is 10.8. The van der Waals surface area contributed by atoms with Crippen molar-refractivity contribution in [3.8, 4) is 22.6 Å². The van der Waals surface area contributed by atoms with Crippen LogP contribution in [0.15, 0.2) is 36.4 Å². The van der Waals surface area contributed by atoms with Crippen LogP contribution in [-0.2, 0) is 0 Å². The maximum absolute atomic E-state index is 13.3. The first-order valence-corrected chi connectivity index (χ1v) is 5.67. The monoisotopic (exact) mass is 260 g/mol. The van der Waals surface area contributed by atoms with Crippen molar-refractivity contribution in [3.63, 3.8) is 0 Å². The molecule has 98 valence electrons. The number of carbonyl (C=O) groups excluding carboxylic acids is 1. The maximum atomic E-state index is 13.3. The Kier molecular flexibility index (Phi) is 3.80. The number of rotatable bonds is 4. The molecule has 0 heterocycles. The van der Waals surface area contributed by atoms with Gasteiger partial charge in [0, 0.05) is 5.56 Å². The minimum Gasteiger partial charge on any atom is -0.493 e. The van der Waals surface area contributed by atoms with E-state index in [0.717, 1.165) is 5.56 Å². The van der Waals surface area contributed by atoms with Crippen LogP contribution in [0, 0.1) is 5.82 Å². The summed E-state index contributed by atoms with van der Waals surface area (Å²) in [6.07, 6.45) is 0.492. The quantitative estimate of drug-likeness (QED) is 0.791. The van der Waals surface area contributed by atoms with E-state index < -0.39 is 5.82 Å². The Hall–Kier alpha value is -2.36. The van der Waals surface area contributed by atoms with Crippen molar-refractivity contribution in [2.45, 2.75) is 0 Å². The Morgan fingerprint density at radius 2 is 1.89 bits per heavy atom. The van der Waals surface area contributed by atoms with E-state index in [4.69, 9.17) is 9.47 Å². The normalized spacial score (nSPS) is 10.1. The van der Waals surface area contributed by atoms with Crippen LogP contribution >= 0.6 is 0 Å². The van der Waals surface area contributed by atoms with Crippen LogP contribution in [0.5, 0.6) is 11.5 Å². The predicted molar refractivity (Wildman–Crippen MR) is 70.3 cm³/mol. The van der Waals surface area contributed by atoms with Gasteiger partial charge in [0.25, 0.3) is 0 Å². The molecule has 2 aromatic carbocycles. The molecule has 19 heavy (non-hydrogen) atoms. The molecule has 0 radical (unpaired) electrons. The summed E-state index contributed by atoms with van der Waals surface area (Å²) in [5.74, 6) is 0.589. The summed E-state index contributed by atoms with van der Waals surface area (Å²) < 4.78 is 23.9. The molecule has 0 N–H and O–H groups in total. The summed E-state index contributed by atoms with van der Waals surface area (Å²) in [5.41, 5.74) is 1.45. The Morgan fingerprint density at radius 3 is 2.53 bits per heavy atom. The molecule has 0 aliphatic rings. The molecule has 0 saturated heterocycles. The number of aldehydes is 1. The molecule has 0 unspecified atom stereocenters. The lowest BCUT2D eigenvalue weighted by Crippen LogP contribution is -1.94. The Balaban J connectivity index is 2.61. The lowest BCUT2D eigenvalue weighted by atomic mass is 10.0. The first kappa shape index (κ1) is 13.1. The third kappa shape index (κ3) is 2.42. The number of carbonyl (C=O) groups is 1. The summed E-state index contributed by atoms with van der Waals surface area (Å²) in [6, 6.07) is 9.74. The molecule has 4 heteroatoms. The topological polar surface area (TPSA) is 35.5 Å². The van der Waals surface area contributed by atoms with Gasteiger partial charge in [0.05, 0.1) is 19.8 Å². The van der Waals surface area contributed by atoms with E-state index in [1.165, 1.54) is 19.2 Å². The van der Waals surface area contributed by atoms with E-state index in [1.54, 1.807) is 25.3 Å². The number of para-hydroxylation sites is 1. The third-order valence-corrected chi connectivity index (χ3v) is 2.84. The fourth-order valence-corrected chi connectivity index (χ4v) is 1.92. The molecule has 0 atom stereocenters. The first-order valence-electron chi connectivity index (χ1n) is 5.67. The number of hydrogen-bond donors (Lipinski definition) is 0. The Bertz CT molecular complexity index is 608. The highest BCUT2D eigenvalue weighted by Gasteiger charge is 2.12. The molecule has 2 rings (SSSR count). The predicted octanol–water partition coefficient (Wildman–Crippen LogP) is 3.32. The average Bonchev–Trinajstić information content (AvgIpc) is 2.46. The molecule has 0 aromatic heterocycles. The number of methoxy groups -OCH3 is 2. The van der Waals surface area contributed by atoms with Crippen molar-refractivity contribution in [3.05, 3.63) is 47.8 Å². The van der Waals surface area contributed by atoms with Crippen LogP contribution in [0.25, 0.3) is 11.1 Å². The standard InChI is InChI=1S/C15H13FO3/c1-18-14-5-3-4-12(15(14)19-2)10-6-7-13(16)11(8-10)9-17/h3-9H,1-2H3. The number of benzene rings is 2. The van der Waals surface area contributed by atoms with E-state index in [0.29, 0.717) is 23.3 Å². The molecule has 0 amide bonds. The molecule has 3 nitrogen and oxygen atoms in total. The Morgan fingerprint density at radius 1 is 1.11 bits per heavy atom. The minimum absolute atomic E-state index is 0.0161. The molecule has 0 aliphatic carbocycles. The number of ether oxygens (including phenoxy) is 2. The molecule has 2 aromatic rings. The van der Waals surface area contributed by atoms with Gasteiger partial charge in [0.1, 0.15) is 5.82 Å². The van der Waals surface area contributed by atoms with E-state index >= 15 is 0 Å². The van der Waals surface area contributed by atoms with Crippen molar-refractivity contribution >= 4 is 6.29 Å². The van der Waals surface area contributed by atoms with Crippen LogP contribution in [0.4, 0.5) is 4.39 Å². The van der Waals surface area contributed by atoms with Crippen LogP contribution in [0.3, 0.4) is 0 Å². The van der Waals surface area contributed by atoms with Gasteiger partial charge < -0.3 is 9.47 Å². The van der Waals surface area contributed by atoms with Crippen molar-refractivity contribution in [1.82, 2.24) is 0 Å². The van der Waals surface area contributed by atoms with Crippen LogP contribution in [0.2, 0.25) is 0 Å². The highest BCUT2D eigenvalue weighted by molar-refractivity contribution is 5.81. The van der Waals surface area contributed by atoms with Gasteiger partial charge in [0.15, 0.2) is 17.8 Å². The zero-order valence-corrected chi connectivity index (χ0v) is 10.6. The zero-order valence-electron chi connectivity index (χ0n) is 10.6. The largest absolute Gasteiger partial charge is 0.493 e. The SMILES string of the molecule is COc1cccc(-c2ccc(F)c(C=O)c2)c1OC. The molecular weight excluding hydrogens is 247 g/mol. The molecule has 0 aliphatic heterocycles. The number of halogens is 1. The van der Waals surface area contributed by atoms with E-state index in [1.807, 2.05) is 6.07 Å². The van der Waals surface area contributed by atoms with Gasteiger partial charge in [-0.1, -0.05) is 18.2 Å². The van der Waals surface area contributed by atoms with Gasteiger partial charge in [-0.2, -0.15) is 0 Å². The fraction of sp³-hybridized carbons (Fsp3) is 0.133. The highest BCUT2D eigenvalue weighted by Crippen LogP contribution is 2.38. The van der Waals surface area contributed by atoms with Gasteiger partial charge >= 0.3 is 0 Å². The van der Waals surface area contributed by atoms with Crippen molar-refractivity contribution in [2.75, 3.05) is 14.2 Å². The first-order chi connectivity index (χ1) is 9.21. The highest BCUT2D eigenvalue weighted by atomic mass is 19.1. The lowest BCUT2D eigenvalue weighted by molar-refractivity contribution is 0.112. The van der Waals surface area contributed by atoms with Gasteiger partial charge in [0.2, 0.25) is 0 Å². The van der Waals surface area contributed by atoms with Gasteiger partial charge in [-0.15, -0.1) is 0 Å². The average molecular weight is 260 g/mol. The number of hydrogen-bond acceptors (Lipinski definition) is 3. The fourth-order valence-electron chi connectivity index (χ4n) is 1.92. The van der Waals surface area contributed by atoms with E-state index in [9.17, 15) is 9.18 Å². The molecular formula is C15H13FO3.